The molecule has 7 heteroatoms. The van der Waals surface area contributed by atoms with Crippen molar-refractivity contribution >= 4 is 21.4 Å². The van der Waals surface area contributed by atoms with Crippen molar-refractivity contribution in [1.29, 1.82) is 0 Å². The Balaban J connectivity index is 1.48. The summed E-state index contributed by atoms with van der Waals surface area (Å²) in [5.41, 5.74) is 3.89. The van der Waals surface area contributed by atoms with Crippen LogP contribution in [0.25, 0.3) is 0 Å². The van der Waals surface area contributed by atoms with E-state index in [1.54, 1.807) is 0 Å². The maximum atomic E-state index is 12.2. The van der Waals surface area contributed by atoms with Gasteiger partial charge in [-0.15, -0.1) is 0 Å². The molecule has 2 saturated heterocycles. The molecule has 2 aliphatic rings. The smallest absolute Gasteiger partial charge is 0.234 e. The van der Waals surface area contributed by atoms with Crippen LogP contribution in [0.3, 0.4) is 0 Å². The van der Waals surface area contributed by atoms with Gasteiger partial charge in [0.1, 0.15) is 0 Å². The van der Waals surface area contributed by atoms with Crippen LogP contribution in [0.2, 0.25) is 0 Å². The van der Waals surface area contributed by atoms with Gasteiger partial charge in [-0.1, -0.05) is 12.1 Å². The lowest BCUT2D eigenvalue weighted by molar-refractivity contribution is -0.122. The minimum Gasteiger partial charge on any atom is -0.369 e. The normalized spacial score (nSPS) is 23.6. The van der Waals surface area contributed by atoms with Gasteiger partial charge in [0.2, 0.25) is 5.91 Å². The maximum absolute atomic E-state index is 12.2. The van der Waals surface area contributed by atoms with Crippen molar-refractivity contribution in [1.82, 2.24) is 10.2 Å². The summed E-state index contributed by atoms with van der Waals surface area (Å²) in [6.07, 6.45) is 0.536. The molecule has 0 unspecified atom stereocenters. The van der Waals surface area contributed by atoms with Crippen LogP contribution in [0.4, 0.5) is 5.69 Å². The zero-order chi connectivity index (χ0) is 18.0. The van der Waals surface area contributed by atoms with Crippen LogP contribution < -0.4 is 10.2 Å². The first-order valence-electron chi connectivity index (χ1n) is 8.87. The first kappa shape index (κ1) is 18.2. The van der Waals surface area contributed by atoms with E-state index in [4.69, 9.17) is 0 Å². The number of rotatable bonds is 4. The predicted molar refractivity (Wildman–Crippen MR) is 99.8 cm³/mol. The van der Waals surface area contributed by atoms with Gasteiger partial charge in [0.15, 0.2) is 9.84 Å². The van der Waals surface area contributed by atoms with E-state index in [1.807, 2.05) is 0 Å². The molecule has 0 saturated carbocycles. The molecular weight excluding hydrogens is 338 g/mol. The monoisotopic (exact) mass is 365 g/mol. The van der Waals surface area contributed by atoms with Gasteiger partial charge in [0.25, 0.3) is 0 Å². The summed E-state index contributed by atoms with van der Waals surface area (Å²) < 4.78 is 22.9. The molecule has 0 bridgehead atoms. The Morgan fingerprint density at radius 3 is 2.56 bits per heavy atom. The number of piperazine rings is 1. The summed E-state index contributed by atoms with van der Waals surface area (Å²) in [4.78, 5) is 16.7. The number of carbonyl (C=O) groups is 1. The fraction of sp³-hybridized carbons (Fsp3) is 0.611. The topological polar surface area (TPSA) is 69.7 Å². The Morgan fingerprint density at radius 1 is 1.20 bits per heavy atom. The van der Waals surface area contributed by atoms with E-state index in [1.165, 1.54) is 16.8 Å². The number of aryl methyl sites for hydroxylation is 1. The number of hydrogen-bond donors (Lipinski definition) is 1. The van der Waals surface area contributed by atoms with E-state index in [0.29, 0.717) is 13.0 Å². The molecule has 0 aliphatic carbocycles. The van der Waals surface area contributed by atoms with Gasteiger partial charge in [0, 0.05) is 37.9 Å². The molecular formula is C18H27N3O3S. The van der Waals surface area contributed by atoms with E-state index >= 15 is 0 Å². The second-order valence-electron chi connectivity index (χ2n) is 7.15. The van der Waals surface area contributed by atoms with Crippen LogP contribution in [-0.2, 0) is 14.6 Å². The Morgan fingerprint density at radius 2 is 1.92 bits per heavy atom. The lowest BCUT2D eigenvalue weighted by atomic mass is 10.1. The van der Waals surface area contributed by atoms with E-state index in [-0.39, 0.29) is 23.5 Å². The SMILES string of the molecule is Cc1cccc(N2CCN(CC(=O)N[C@@H]3CCS(=O)(=O)C3)CC2)c1C. The Hall–Kier alpha value is -1.60. The highest BCUT2D eigenvalue weighted by atomic mass is 32.2. The molecule has 1 N–H and O–H groups in total. The van der Waals surface area contributed by atoms with Crippen molar-refractivity contribution in [2.75, 3.05) is 49.1 Å². The zero-order valence-corrected chi connectivity index (χ0v) is 15.8. The third-order valence-corrected chi connectivity index (χ3v) is 7.02. The molecule has 2 heterocycles. The highest BCUT2D eigenvalue weighted by Gasteiger charge is 2.29. The molecule has 1 aromatic carbocycles. The number of sulfone groups is 1. The molecule has 1 amide bonds. The minimum atomic E-state index is -2.95. The van der Waals surface area contributed by atoms with Crippen molar-refractivity contribution in [3.8, 4) is 0 Å². The number of carbonyl (C=O) groups excluding carboxylic acids is 1. The van der Waals surface area contributed by atoms with Gasteiger partial charge in [-0.25, -0.2) is 8.42 Å². The van der Waals surface area contributed by atoms with E-state index in [0.717, 1.165) is 26.2 Å². The van der Waals surface area contributed by atoms with Crippen molar-refractivity contribution in [3.63, 3.8) is 0 Å². The van der Waals surface area contributed by atoms with Crippen molar-refractivity contribution in [2.24, 2.45) is 0 Å². The first-order valence-corrected chi connectivity index (χ1v) is 10.7. The third kappa shape index (κ3) is 4.52. The summed E-state index contributed by atoms with van der Waals surface area (Å²) in [5.74, 6) is 0.202. The quantitative estimate of drug-likeness (QED) is 0.852. The molecule has 2 aliphatic heterocycles. The summed E-state index contributed by atoms with van der Waals surface area (Å²) >= 11 is 0. The molecule has 1 atom stereocenters. The molecule has 3 rings (SSSR count). The minimum absolute atomic E-state index is 0.0673. The van der Waals surface area contributed by atoms with Crippen LogP contribution in [0.1, 0.15) is 17.5 Å². The standard InChI is InChI=1S/C18H27N3O3S/c1-14-4-3-5-17(15(14)2)21-9-7-20(8-10-21)12-18(22)19-16-6-11-25(23,24)13-16/h3-5,16H,6-13H2,1-2H3,(H,19,22)/t16-/m1/s1. The van der Waals surface area contributed by atoms with Crippen LogP contribution in [0, 0.1) is 13.8 Å². The van der Waals surface area contributed by atoms with E-state index in [9.17, 15) is 13.2 Å². The highest BCUT2D eigenvalue weighted by molar-refractivity contribution is 7.91. The van der Waals surface area contributed by atoms with E-state index in [2.05, 4.69) is 47.2 Å². The molecule has 2 fully saturated rings. The third-order valence-electron chi connectivity index (χ3n) is 5.25. The number of hydrogen-bond acceptors (Lipinski definition) is 5. The molecule has 0 aromatic heterocycles. The fourth-order valence-electron chi connectivity index (χ4n) is 3.61. The zero-order valence-electron chi connectivity index (χ0n) is 15.0. The Bertz CT molecular complexity index is 740. The van der Waals surface area contributed by atoms with Crippen LogP contribution in [-0.4, -0.2) is 69.5 Å². The second-order valence-corrected chi connectivity index (χ2v) is 9.38. The second kappa shape index (κ2) is 7.33. The molecule has 0 radical (unpaired) electrons. The average Bonchev–Trinajstić information content (AvgIpc) is 2.89. The van der Waals surface area contributed by atoms with Gasteiger partial charge in [-0.05, 0) is 37.5 Å². The lowest BCUT2D eigenvalue weighted by Crippen LogP contribution is -2.50. The van der Waals surface area contributed by atoms with Gasteiger partial charge in [-0.2, -0.15) is 0 Å². The number of nitrogens with zero attached hydrogens (tertiary/aromatic N) is 2. The maximum Gasteiger partial charge on any atom is 0.234 e. The van der Waals surface area contributed by atoms with Crippen molar-refractivity contribution < 1.29 is 13.2 Å². The average molecular weight is 365 g/mol. The Kier molecular flexibility index (Phi) is 5.34. The molecule has 0 spiro atoms. The predicted octanol–water partition coefficient (Wildman–Crippen LogP) is 0.729. The van der Waals surface area contributed by atoms with Gasteiger partial charge in [0.05, 0.1) is 18.1 Å². The number of nitrogens with one attached hydrogen (secondary N) is 1. The molecule has 1 aromatic rings. The Labute approximate surface area is 150 Å². The summed E-state index contributed by atoms with van der Waals surface area (Å²) in [6, 6.07) is 6.16. The lowest BCUT2D eigenvalue weighted by Gasteiger charge is -2.36. The summed E-state index contributed by atoms with van der Waals surface area (Å²) in [5, 5.41) is 2.87. The first-order chi connectivity index (χ1) is 11.8. The number of anilines is 1. The van der Waals surface area contributed by atoms with Crippen molar-refractivity contribution in [2.45, 2.75) is 26.3 Å². The van der Waals surface area contributed by atoms with E-state index < -0.39 is 9.84 Å². The van der Waals surface area contributed by atoms with Crippen LogP contribution in [0.15, 0.2) is 18.2 Å². The van der Waals surface area contributed by atoms with Crippen LogP contribution >= 0.6 is 0 Å². The molecule has 138 valence electrons. The van der Waals surface area contributed by atoms with Crippen molar-refractivity contribution in [3.05, 3.63) is 29.3 Å². The van der Waals surface area contributed by atoms with Gasteiger partial charge < -0.3 is 10.2 Å². The number of amides is 1. The fourth-order valence-corrected chi connectivity index (χ4v) is 5.28. The molecule has 25 heavy (non-hydrogen) atoms. The van der Waals surface area contributed by atoms with Crippen LogP contribution in [0.5, 0.6) is 0 Å². The van der Waals surface area contributed by atoms with Gasteiger partial charge in [-0.3, -0.25) is 9.69 Å². The largest absolute Gasteiger partial charge is 0.369 e. The summed E-state index contributed by atoms with van der Waals surface area (Å²) in [6.45, 7) is 8.10. The summed E-state index contributed by atoms with van der Waals surface area (Å²) in [7, 11) is -2.95. The molecule has 6 nitrogen and oxygen atoms in total. The van der Waals surface area contributed by atoms with Gasteiger partial charge >= 0.3 is 0 Å². The number of benzene rings is 1. The highest BCUT2D eigenvalue weighted by Crippen LogP contribution is 2.23.